The van der Waals surface area contributed by atoms with Gasteiger partial charge >= 0.3 is 0 Å². The molecular weight excluding hydrogens is 262 g/mol. The van der Waals surface area contributed by atoms with Crippen molar-refractivity contribution < 1.29 is 4.74 Å². The molecule has 0 fully saturated rings. The van der Waals surface area contributed by atoms with Crippen LogP contribution in [-0.2, 0) is 6.54 Å². The van der Waals surface area contributed by atoms with Gasteiger partial charge in [-0.05, 0) is 36.6 Å². The van der Waals surface area contributed by atoms with Crippen LogP contribution in [0.5, 0.6) is 5.75 Å². The molecule has 2 rings (SSSR count). The van der Waals surface area contributed by atoms with Crippen molar-refractivity contribution in [3.63, 3.8) is 0 Å². The molecule has 0 aliphatic heterocycles. The van der Waals surface area contributed by atoms with Crippen LogP contribution in [0.4, 0.5) is 5.69 Å². The molecule has 114 valence electrons. The summed E-state index contributed by atoms with van der Waals surface area (Å²) in [4.78, 5) is 6.78. The number of benzene rings is 1. The lowest BCUT2D eigenvalue weighted by atomic mass is 10.1. The summed E-state index contributed by atoms with van der Waals surface area (Å²) in [5.74, 6) is 1.40. The van der Waals surface area contributed by atoms with Crippen LogP contribution in [0.15, 0.2) is 18.2 Å². The molecule has 2 N–H and O–H groups in total. The van der Waals surface area contributed by atoms with Crippen molar-refractivity contribution in [2.75, 3.05) is 25.6 Å². The summed E-state index contributed by atoms with van der Waals surface area (Å²) >= 11 is 0. The smallest absolute Gasteiger partial charge is 0.120 e. The minimum atomic E-state index is 0.453. The lowest BCUT2D eigenvalue weighted by Crippen LogP contribution is -2.14. The molecule has 0 spiro atoms. The van der Waals surface area contributed by atoms with Crippen molar-refractivity contribution in [3.8, 4) is 5.75 Å². The highest BCUT2D eigenvalue weighted by Crippen LogP contribution is 2.32. The third-order valence-electron chi connectivity index (χ3n) is 3.49. The van der Waals surface area contributed by atoms with Gasteiger partial charge in [-0.1, -0.05) is 13.8 Å². The minimum Gasteiger partial charge on any atom is -0.493 e. The van der Waals surface area contributed by atoms with E-state index in [4.69, 9.17) is 10.5 Å². The maximum absolute atomic E-state index is 5.84. The fraction of sp³-hybridized carbons (Fsp3) is 0.471. The highest BCUT2D eigenvalue weighted by Gasteiger charge is 2.13. The van der Waals surface area contributed by atoms with E-state index in [2.05, 4.69) is 36.7 Å². The van der Waals surface area contributed by atoms with E-state index in [1.807, 2.05) is 26.2 Å². The highest BCUT2D eigenvalue weighted by atomic mass is 16.5. The third kappa shape index (κ3) is 3.27. The van der Waals surface area contributed by atoms with E-state index in [1.54, 1.807) is 0 Å². The van der Waals surface area contributed by atoms with E-state index in [1.165, 1.54) is 0 Å². The lowest BCUT2D eigenvalue weighted by molar-refractivity contribution is 0.271. The lowest BCUT2D eigenvalue weighted by Gasteiger charge is -2.21. The van der Waals surface area contributed by atoms with E-state index in [9.17, 15) is 0 Å². The summed E-state index contributed by atoms with van der Waals surface area (Å²) in [7, 11) is 4.09. The number of pyridine rings is 1. The number of nitrogens with zero attached hydrogens (tertiary/aromatic N) is 2. The Balaban J connectivity index is 2.56. The molecule has 0 saturated carbocycles. The number of hydrogen-bond acceptors (Lipinski definition) is 4. The molecule has 0 bridgehead atoms. The number of anilines is 1. The van der Waals surface area contributed by atoms with Gasteiger partial charge in [0.05, 0.1) is 23.5 Å². The van der Waals surface area contributed by atoms with Crippen LogP contribution in [0.3, 0.4) is 0 Å². The molecule has 21 heavy (non-hydrogen) atoms. The SMILES string of the molecule is Cc1c(CN)nc2ccc(OCC(C)C)cc2c1N(C)C. The van der Waals surface area contributed by atoms with Crippen molar-refractivity contribution in [1.29, 1.82) is 0 Å². The molecule has 1 aromatic heterocycles. The Morgan fingerprint density at radius 3 is 2.57 bits per heavy atom. The predicted octanol–water partition coefficient (Wildman–Crippen LogP) is 3.10. The van der Waals surface area contributed by atoms with Gasteiger partial charge in [0.2, 0.25) is 0 Å². The zero-order chi connectivity index (χ0) is 15.6. The Bertz CT molecular complexity index is 635. The highest BCUT2D eigenvalue weighted by molar-refractivity contribution is 5.94. The zero-order valence-corrected chi connectivity index (χ0v) is 13.6. The molecule has 1 aromatic carbocycles. The quantitative estimate of drug-likeness (QED) is 0.918. The normalized spacial score (nSPS) is 11.2. The first-order chi connectivity index (χ1) is 9.93. The van der Waals surface area contributed by atoms with Crippen LogP contribution >= 0.6 is 0 Å². The number of hydrogen-bond donors (Lipinski definition) is 1. The Hall–Kier alpha value is -1.81. The van der Waals surface area contributed by atoms with E-state index in [-0.39, 0.29) is 0 Å². The molecule has 0 atom stereocenters. The minimum absolute atomic E-state index is 0.453. The Kier molecular flexibility index (Phi) is 4.68. The number of rotatable bonds is 5. The summed E-state index contributed by atoms with van der Waals surface area (Å²) < 4.78 is 5.84. The Morgan fingerprint density at radius 2 is 2.00 bits per heavy atom. The standard InChI is InChI=1S/C17H25N3O/c1-11(2)10-21-13-6-7-15-14(8-13)17(20(4)5)12(3)16(9-18)19-15/h6-8,11H,9-10,18H2,1-5H3. The van der Waals surface area contributed by atoms with Gasteiger partial charge in [-0.25, -0.2) is 0 Å². The molecule has 0 radical (unpaired) electrons. The molecule has 4 nitrogen and oxygen atoms in total. The fourth-order valence-corrected chi connectivity index (χ4v) is 2.50. The number of ether oxygens (including phenoxy) is 1. The average Bonchev–Trinajstić information content (AvgIpc) is 2.43. The van der Waals surface area contributed by atoms with Gasteiger partial charge in [0.1, 0.15) is 5.75 Å². The number of fused-ring (bicyclic) bond motifs is 1. The molecule has 0 aliphatic rings. The first kappa shape index (κ1) is 15.6. The topological polar surface area (TPSA) is 51.4 Å². The molecule has 0 amide bonds. The molecular formula is C17H25N3O. The van der Waals surface area contributed by atoms with E-state index in [0.717, 1.165) is 40.2 Å². The van der Waals surface area contributed by atoms with Crippen molar-refractivity contribution in [2.24, 2.45) is 11.7 Å². The maximum atomic E-state index is 5.84. The fourth-order valence-electron chi connectivity index (χ4n) is 2.50. The van der Waals surface area contributed by atoms with Crippen LogP contribution in [0.25, 0.3) is 10.9 Å². The van der Waals surface area contributed by atoms with Gasteiger partial charge in [0.25, 0.3) is 0 Å². The summed E-state index contributed by atoms with van der Waals surface area (Å²) in [5, 5.41) is 1.11. The molecule has 0 unspecified atom stereocenters. The summed E-state index contributed by atoms with van der Waals surface area (Å²) in [5.41, 5.74) is 10.0. The van der Waals surface area contributed by atoms with E-state index in [0.29, 0.717) is 12.5 Å². The van der Waals surface area contributed by atoms with E-state index >= 15 is 0 Å². The molecule has 4 heteroatoms. The van der Waals surface area contributed by atoms with Gasteiger partial charge < -0.3 is 15.4 Å². The average molecular weight is 287 g/mol. The third-order valence-corrected chi connectivity index (χ3v) is 3.49. The Morgan fingerprint density at radius 1 is 1.29 bits per heavy atom. The van der Waals surface area contributed by atoms with Crippen LogP contribution in [0.1, 0.15) is 25.1 Å². The predicted molar refractivity (Wildman–Crippen MR) is 89.0 cm³/mol. The van der Waals surface area contributed by atoms with Crippen molar-refractivity contribution in [2.45, 2.75) is 27.3 Å². The van der Waals surface area contributed by atoms with Crippen molar-refractivity contribution in [3.05, 3.63) is 29.5 Å². The number of nitrogens with two attached hydrogens (primary N) is 1. The van der Waals surface area contributed by atoms with Crippen molar-refractivity contribution >= 4 is 16.6 Å². The van der Waals surface area contributed by atoms with Crippen LogP contribution < -0.4 is 15.4 Å². The molecule has 0 aliphatic carbocycles. The largest absolute Gasteiger partial charge is 0.493 e. The van der Waals surface area contributed by atoms with Gasteiger partial charge in [-0.3, -0.25) is 4.98 Å². The van der Waals surface area contributed by atoms with Gasteiger partial charge in [-0.15, -0.1) is 0 Å². The number of aromatic nitrogens is 1. The second-order valence-corrected chi connectivity index (χ2v) is 6.01. The first-order valence-corrected chi connectivity index (χ1v) is 7.37. The first-order valence-electron chi connectivity index (χ1n) is 7.37. The Labute approximate surface area is 126 Å². The maximum Gasteiger partial charge on any atom is 0.120 e. The monoisotopic (exact) mass is 287 g/mol. The van der Waals surface area contributed by atoms with Crippen LogP contribution in [0.2, 0.25) is 0 Å². The molecule has 1 heterocycles. The second kappa shape index (κ2) is 6.31. The van der Waals surface area contributed by atoms with Crippen molar-refractivity contribution in [1.82, 2.24) is 4.98 Å². The second-order valence-electron chi connectivity index (χ2n) is 6.01. The van der Waals surface area contributed by atoms with E-state index < -0.39 is 0 Å². The molecule has 0 saturated heterocycles. The van der Waals surface area contributed by atoms with Gasteiger partial charge in [-0.2, -0.15) is 0 Å². The van der Waals surface area contributed by atoms with Gasteiger partial charge in [0, 0.05) is 26.0 Å². The van der Waals surface area contributed by atoms with Crippen LogP contribution in [0, 0.1) is 12.8 Å². The summed E-state index contributed by atoms with van der Waals surface area (Å²) in [6.45, 7) is 7.53. The summed E-state index contributed by atoms with van der Waals surface area (Å²) in [6, 6.07) is 6.07. The molecule has 2 aromatic rings. The van der Waals surface area contributed by atoms with Gasteiger partial charge in [0.15, 0.2) is 0 Å². The van der Waals surface area contributed by atoms with Crippen LogP contribution in [-0.4, -0.2) is 25.7 Å². The summed E-state index contributed by atoms with van der Waals surface area (Å²) in [6.07, 6.45) is 0. The zero-order valence-electron chi connectivity index (χ0n) is 13.6.